The van der Waals surface area contributed by atoms with Gasteiger partial charge in [-0.05, 0) is 24.6 Å². The highest BCUT2D eigenvalue weighted by atomic mass is 16.4. The molecule has 14 nitrogen and oxygen atoms in total. The van der Waals surface area contributed by atoms with Crippen LogP contribution in [0, 0.1) is 0 Å². The van der Waals surface area contributed by atoms with E-state index in [4.69, 9.17) is 5.73 Å². The predicted molar refractivity (Wildman–Crippen MR) is 133 cm³/mol. The first-order valence-corrected chi connectivity index (χ1v) is 11.7. The second kappa shape index (κ2) is 13.0. The third-order valence-corrected chi connectivity index (χ3v) is 5.63. The number of nitrogens with two attached hydrogens (primary N) is 1. The fourth-order valence-electron chi connectivity index (χ4n) is 3.57. The van der Waals surface area contributed by atoms with E-state index in [2.05, 4.69) is 35.9 Å². The molecule has 0 aliphatic rings. The lowest BCUT2D eigenvalue weighted by atomic mass is 10.0. The summed E-state index contributed by atoms with van der Waals surface area (Å²) in [5.74, 6) is -3.26. The zero-order valence-electron chi connectivity index (χ0n) is 20.5. The average Bonchev–Trinajstić information content (AvgIpc) is 3.58. The lowest BCUT2D eigenvalue weighted by Gasteiger charge is -2.24. The Hall–Kier alpha value is -4.72. The summed E-state index contributed by atoms with van der Waals surface area (Å²) < 4.78 is 0. The van der Waals surface area contributed by atoms with Gasteiger partial charge in [0.05, 0.1) is 18.7 Å². The Morgan fingerprint density at radius 3 is 1.71 bits per heavy atom. The van der Waals surface area contributed by atoms with Crippen LogP contribution in [0.5, 0.6) is 5.75 Å². The van der Waals surface area contributed by atoms with E-state index in [1.54, 1.807) is 12.1 Å². The molecule has 38 heavy (non-hydrogen) atoms. The van der Waals surface area contributed by atoms with E-state index in [-0.39, 0.29) is 25.0 Å². The van der Waals surface area contributed by atoms with E-state index >= 15 is 0 Å². The molecule has 0 saturated heterocycles. The highest BCUT2D eigenvalue weighted by molar-refractivity contribution is 5.94. The maximum absolute atomic E-state index is 13.3. The highest BCUT2D eigenvalue weighted by Crippen LogP contribution is 2.12. The van der Waals surface area contributed by atoms with Crippen molar-refractivity contribution in [3.8, 4) is 5.75 Å². The van der Waals surface area contributed by atoms with Gasteiger partial charge in [0.2, 0.25) is 17.7 Å². The Morgan fingerprint density at radius 1 is 0.816 bits per heavy atom. The van der Waals surface area contributed by atoms with Gasteiger partial charge in [-0.15, -0.1) is 0 Å². The number of aromatic nitrogens is 4. The first-order valence-electron chi connectivity index (χ1n) is 11.7. The van der Waals surface area contributed by atoms with E-state index in [0.717, 1.165) is 0 Å². The SMILES string of the molecule is CC(N)C(=O)NC(Cc1cnc[nH]1)C(=O)NC(Cc1cnc[nH]1)C(=O)NC(Cc1ccc(O)cc1)C(=O)O. The zero-order chi connectivity index (χ0) is 27.7. The third kappa shape index (κ3) is 8.16. The molecule has 3 rings (SSSR count). The lowest BCUT2D eigenvalue weighted by Crippen LogP contribution is -2.58. The van der Waals surface area contributed by atoms with Crippen molar-refractivity contribution in [2.75, 3.05) is 0 Å². The predicted octanol–water partition coefficient (Wildman–Crippen LogP) is -1.25. The smallest absolute Gasteiger partial charge is 0.326 e. The molecule has 0 fully saturated rings. The number of amides is 3. The van der Waals surface area contributed by atoms with Crippen molar-refractivity contribution in [1.29, 1.82) is 0 Å². The molecule has 14 heteroatoms. The van der Waals surface area contributed by atoms with Crippen molar-refractivity contribution >= 4 is 23.7 Å². The number of carbonyl (C=O) groups is 4. The fourth-order valence-corrected chi connectivity index (χ4v) is 3.57. The molecule has 0 radical (unpaired) electrons. The highest BCUT2D eigenvalue weighted by Gasteiger charge is 2.31. The summed E-state index contributed by atoms with van der Waals surface area (Å²) in [4.78, 5) is 64.2. The molecule has 202 valence electrons. The van der Waals surface area contributed by atoms with E-state index in [1.165, 1.54) is 44.1 Å². The summed E-state index contributed by atoms with van der Waals surface area (Å²) >= 11 is 0. The molecule has 0 spiro atoms. The van der Waals surface area contributed by atoms with Gasteiger partial charge in [0.15, 0.2) is 0 Å². The van der Waals surface area contributed by atoms with Crippen molar-refractivity contribution in [1.82, 2.24) is 35.9 Å². The Labute approximate surface area is 217 Å². The zero-order valence-corrected chi connectivity index (χ0v) is 20.5. The molecule has 0 aliphatic heterocycles. The Bertz CT molecular complexity index is 1210. The first-order chi connectivity index (χ1) is 18.1. The standard InChI is InChI=1S/C24H30N8O6/c1-13(25)21(34)30-18(7-15-9-26-11-28-15)22(35)31-19(8-16-10-27-12-29-16)23(36)32-20(24(37)38)6-14-2-4-17(33)5-3-14/h2-5,9-13,18-20,33H,6-8,25H2,1H3,(H,26,28)(H,27,29)(H,30,34)(H,31,35)(H,32,36)(H,37,38). The van der Waals surface area contributed by atoms with Gasteiger partial charge in [0, 0.05) is 43.0 Å². The molecule has 4 atom stereocenters. The average molecular weight is 527 g/mol. The number of carboxylic acid groups (broad SMARTS) is 1. The number of H-pyrrole nitrogens is 2. The van der Waals surface area contributed by atoms with Gasteiger partial charge in [-0.25, -0.2) is 14.8 Å². The van der Waals surface area contributed by atoms with Crippen LogP contribution in [-0.2, 0) is 38.4 Å². The van der Waals surface area contributed by atoms with Gasteiger partial charge in [-0.1, -0.05) is 12.1 Å². The number of phenolic OH excluding ortho intramolecular Hbond substituents is 1. The van der Waals surface area contributed by atoms with E-state index in [0.29, 0.717) is 17.0 Å². The minimum atomic E-state index is -1.31. The van der Waals surface area contributed by atoms with Gasteiger partial charge in [-0.3, -0.25) is 14.4 Å². The maximum atomic E-state index is 13.3. The number of aromatic hydroxyl groups is 1. The second-order valence-corrected chi connectivity index (χ2v) is 8.74. The second-order valence-electron chi connectivity index (χ2n) is 8.74. The lowest BCUT2D eigenvalue weighted by molar-refractivity contribution is -0.142. The van der Waals surface area contributed by atoms with Crippen molar-refractivity contribution in [2.24, 2.45) is 5.73 Å². The number of imidazole rings is 2. The van der Waals surface area contributed by atoms with Crippen LogP contribution in [-0.4, -0.2) is 78.0 Å². The minimum absolute atomic E-state index is 0.0211. The number of aromatic amines is 2. The largest absolute Gasteiger partial charge is 0.508 e. The molecule has 1 aromatic carbocycles. The molecule has 3 aromatic rings. The molecule has 9 N–H and O–H groups in total. The van der Waals surface area contributed by atoms with Gasteiger partial charge < -0.3 is 41.9 Å². The summed E-state index contributed by atoms with van der Waals surface area (Å²) in [6, 6.07) is 1.41. The van der Waals surface area contributed by atoms with Gasteiger partial charge in [-0.2, -0.15) is 0 Å². The van der Waals surface area contributed by atoms with Gasteiger partial charge in [0.25, 0.3) is 0 Å². The summed E-state index contributed by atoms with van der Waals surface area (Å²) in [5, 5.41) is 26.8. The first kappa shape index (κ1) is 27.9. The van der Waals surface area contributed by atoms with Crippen LogP contribution in [0.3, 0.4) is 0 Å². The van der Waals surface area contributed by atoms with Crippen LogP contribution >= 0.6 is 0 Å². The molecule has 0 saturated carbocycles. The summed E-state index contributed by atoms with van der Waals surface area (Å²) in [5.41, 5.74) is 7.29. The monoisotopic (exact) mass is 526 g/mol. The van der Waals surface area contributed by atoms with E-state index in [1.807, 2.05) is 0 Å². The number of nitrogens with zero attached hydrogens (tertiary/aromatic N) is 2. The molecule has 4 unspecified atom stereocenters. The number of rotatable bonds is 13. The molecule has 0 bridgehead atoms. The van der Waals surface area contributed by atoms with Crippen molar-refractivity contribution in [3.63, 3.8) is 0 Å². The Morgan fingerprint density at radius 2 is 1.29 bits per heavy atom. The summed E-state index contributed by atoms with van der Waals surface area (Å²) in [7, 11) is 0. The maximum Gasteiger partial charge on any atom is 0.326 e. The number of nitrogens with one attached hydrogen (secondary N) is 5. The van der Waals surface area contributed by atoms with Crippen LogP contribution < -0.4 is 21.7 Å². The minimum Gasteiger partial charge on any atom is -0.508 e. The van der Waals surface area contributed by atoms with E-state index < -0.39 is 47.9 Å². The van der Waals surface area contributed by atoms with Gasteiger partial charge >= 0.3 is 5.97 Å². The van der Waals surface area contributed by atoms with Crippen LogP contribution in [0.25, 0.3) is 0 Å². The topological polar surface area (TPSA) is 228 Å². The number of phenols is 1. The number of carboxylic acids is 1. The quantitative estimate of drug-likeness (QED) is 0.133. The molecule has 2 aromatic heterocycles. The third-order valence-electron chi connectivity index (χ3n) is 5.63. The van der Waals surface area contributed by atoms with Crippen LogP contribution in [0.15, 0.2) is 49.3 Å². The van der Waals surface area contributed by atoms with Crippen LogP contribution in [0.4, 0.5) is 0 Å². The number of hydrogen-bond acceptors (Lipinski definition) is 8. The normalized spacial score (nSPS) is 14.1. The number of aliphatic carboxylic acids is 1. The summed E-state index contributed by atoms with van der Waals surface area (Å²) in [6.07, 6.45) is 5.75. The van der Waals surface area contributed by atoms with Crippen LogP contribution in [0.1, 0.15) is 23.9 Å². The molecule has 3 amide bonds. The fraction of sp³-hybridized carbons (Fsp3) is 0.333. The Kier molecular flexibility index (Phi) is 9.54. The molecule has 2 heterocycles. The van der Waals surface area contributed by atoms with Gasteiger partial charge in [0.1, 0.15) is 23.9 Å². The molecular weight excluding hydrogens is 496 g/mol. The van der Waals surface area contributed by atoms with E-state index in [9.17, 15) is 29.4 Å². The number of benzene rings is 1. The van der Waals surface area contributed by atoms with Crippen molar-refractivity contribution < 1.29 is 29.4 Å². The molecule has 0 aliphatic carbocycles. The molecular formula is C24H30N8O6. The van der Waals surface area contributed by atoms with Crippen LogP contribution in [0.2, 0.25) is 0 Å². The number of hydrogen-bond donors (Lipinski definition) is 8. The van der Waals surface area contributed by atoms with Crippen molar-refractivity contribution in [2.45, 2.75) is 50.4 Å². The summed E-state index contributed by atoms with van der Waals surface area (Å²) in [6.45, 7) is 1.47. The number of carbonyl (C=O) groups excluding carboxylic acids is 3. The van der Waals surface area contributed by atoms with Crippen molar-refractivity contribution in [3.05, 3.63) is 66.3 Å². The Balaban J connectivity index is 1.78.